The molecule has 0 unspecified atom stereocenters. The highest BCUT2D eigenvalue weighted by Crippen LogP contribution is 2.36. The first-order valence-corrected chi connectivity index (χ1v) is 7.70. The van der Waals surface area contributed by atoms with Crippen molar-refractivity contribution >= 4 is 21.1 Å². The molecule has 0 saturated heterocycles. The molecule has 0 amide bonds. The Balaban J connectivity index is 1.91. The molecule has 1 fully saturated rings. The number of anilines is 1. The maximum absolute atomic E-state index is 12.0. The molecule has 18 heavy (non-hydrogen) atoms. The summed E-state index contributed by atoms with van der Waals surface area (Å²) in [6, 6.07) is 5.79. The van der Waals surface area contributed by atoms with Crippen molar-refractivity contribution in [3.8, 4) is 0 Å². The number of benzene rings is 1. The highest BCUT2D eigenvalue weighted by Gasteiger charge is 2.29. The summed E-state index contributed by atoms with van der Waals surface area (Å²) >= 11 is 0. The highest BCUT2D eigenvalue weighted by molar-refractivity contribution is 7.95. The van der Waals surface area contributed by atoms with Crippen LogP contribution in [0.15, 0.2) is 28.5 Å². The van der Waals surface area contributed by atoms with Crippen molar-refractivity contribution in [1.29, 1.82) is 0 Å². The minimum atomic E-state index is -3.35. The summed E-state index contributed by atoms with van der Waals surface area (Å²) in [5, 5.41) is 4.73. The Morgan fingerprint density at radius 3 is 2.78 bits per heavy atom. The fraction of sp³-hybridized carbons (Fsp3) is 0.385. The minimum Gasteiger partial charge on any atom is -0.398 e. The molecule has 1 aliphatic carbocycles. The third-order valence-electron chi connectivity index (χ3n) is 3.66. The monoisotopic (exact) mass is 264 g/mol. The molecule has 1 aromatic carbocycles. The average Bonchev–Trinajstić information content (AvgIpc) is 2.50. The molecule has 4 nitrogen and oxygen atoms in total. The van der Waals surface area contributed by atoms with Gasteiger partial charge in [-0.15, -0.1) is 0 Å². The summed E-state index contributed by atoms with van der Waals surface area (Å²) in [6.45, 7) is 0.598. The van der Waals surface area contributed by atoms with E-state index < -0.39 is 9.84 Å². The second kappa shape index (κ2) is 4.10. The molecule has 1 saturated carbocycles. The van der Waals surface area contributed by atoms with Crippen LogP contribution in [0.5, 0.6) is 0 Å². The van der Waals surface area contributed by atoms with E-state index in [2.05, 4.69) is 5.32 Å². The van der Waals surface area contributed by atoms with Crippen LogP contribution in [0.4, 0.5) is 5.69 Å². The van der Waals surface area contributed by atoms with Gasteiger partial charge in [0, 0.05) is 23.6 Å². The van der Waals surface area contributed by atoms with E-state index in [4.69, 9.17) is 5.73 Å². The van der Waals surface area contributed by atoms with Crippen LogP contribution in [-0.2, 0) is 9.84 Å². The van der Waals surface area contributed by atoms with E-state index in [9.17, 15) is 8.42 Å². The predicted molar refractivity (Wildman–Crippen MR) is 71.7 cm³/mol. The number of fused-ring (bicyclic) bond motifs is 1. The first kappa shape index (κ1) is 11.7. The van der Waals surface area contributed by atoms with Crippen molar-refractivity contribution in [2.45, 2.75) is 30.2 Å². The number of nitrogens with one attached hydrogen (secondary N) is 1. The Hall–Kier alpha value is -1.33. The number of hydrogen-bond donors (Lipinski definition) is 2. The lowest BCUT2D eigenvalue weighted by Gasteiger charge is -2.26. The van der Waals surface area contributed by atoms with Crippen LogP contribution >= 0.6 is 0 Å². The van der Waals surface area contributed by atoms with Crippen LogP contribution in [0.1, 0.15) is 24.8 Å². The number of sulfone groups is 1. The van der Waals surface area contributed by atoms with E-state index in [-0.39, 0.29) is 4.90 Å². The molecule has 0 radical (unpaired) electrons. The van der Waals surface area contributed by atoms with Crippen molar-refractivity contribution in [2.75, 3.05) is 12.3 Å². The molecule has 0 aromatic heterocycles. The van der Waals surface area contributed by atoms with Crippen molar-refractivity contribution < 1.29 is 8.42 Å². The van der Waals surface area contributed by atoms with Gasteiger partial charge < -0.3 is 11.1 Å². The Morgan fingerprint density at radius 1 is 1.33 bits per heavy atom. The lowest BCUT2D eigenvalue weighted by atomic mass is 9.93. The molecular weight excluding hydrogens is 248 g/mol. The van der Waals surface area contributed by atoms with Gasteiger partial charge in [0.05, 0.1) is 5.69 Å². The fourth-order valence-electron chi connectivity index (χ4n) is 2.44. The largest absolute Gasteiger partial charge is 0.398 e. The molecule has 3 N–H and O–H groups in total. The highest BCUT2D eigenvalue weighted by atomic mass is 32.2. The van der Waals surface area contributed by atoms with Crippen LogP contribution in [-0.4, -0.2) is 21.0 Å². The molecular formula is C13H16N2O2S. The van der Waals surface area contributed by atoms with Crippen molar-refractivity contribution in [3.63, 3.8) is 0 Å². The van der Waals surface area contributed by atoms with Crippen LogP contribution in [0.25, 0.3) is 5.57 Å². The smallest absolute Gasteiger partial charge is 0.202 e. The van der Waals surface area contributed by atoms with E-state index in [1.165, 1.54) is 24.7 Å². The van der Waals surface area contributed by atoms with E-state index in [0.29, 0.717) is 18.3 Å². The minimum absolute atomic E-state index is 0.274. The van der Waals surface area contributed by atoms with Gasteiger partial charge in [-0.1, -0.05) is 18.6 Å². The molecule has 0 atom stereocenters. The number of rotatable bonds is 3. The first-order valence-electron chi connectivity index (χ1n) is 6.16. The molecule has 1 aliphatic heterocycles. The van der Waals surface area contributed by atoms with Gasteiger partial charge in [0.15, 0.2) is 0 Å². The van der Waals surface area contributed by atoms with Crippen molar-refractivity contribution in [1.82, 2.24) is 5.32 Å². The van der Waals surface area contributed by atoms with Crippen LogP contribution in [0.2, 0.25) is 0 Å². The molecule has 96 valence electrons. The van der Waals surface area contributed by atoms with Crippen LogP contribution in [0, 0.1) is 0 Å². The summed E-state index contributed by atoms with van der Waals surface area (Å²) in [5.41, 5.74) is 7.68. The van der Waals surface area contributed by atoms with E-state index in [0.717, 1.165) is 11.1 Å². The lowest BCUT2D eigenvalue weighted by molar-refractivity contribution is 0.353. The summed E-state index contributed by atoms with van der Waals surface area (Å²) in [7, 11) is -3.35. The van der Waals surface area contributed by atoms with Gasteiger partial charge in [0.2, 0.25) is 9.84 Å². The third kappa shape index (κ3) is 1.83. The second-order valence-corrected chi connectivity index (χ2v) is 6.65. The molecule has 5 heteroatoms. The van der Waals surface area contributed by atoms with Crippen LogP contribution < -0.4 is 11.1 Å². The topological polar surface area (TPSA) is 72.2 Å². The maximum atomic E-state index is 12.0. The summed E-state index contributed by atoms with van der Waals surface area (Å²) in [5.74, 6) is 0. The summed E-state index contributed by atoms with van der Waals surface area (Å²) in [6.07, 6.45) is 3.63. The van der Waals surface area contributed by atoms with Gasteiger partial charge in [-0.25, -0.2) is 8.42 Å². The normalized spacial score (nSPS) is 21.2. The first-order chi connectivity index (χ1) is 8.58. The van der Waals surface area contributed by atoms with E-state index >= 15 is 0 Å². The molecule has 2 aliphatic rings. The van der Waals surface area contributed by atoms with Crippen molar-refractivity contribution in [2.24, 2.45) is 0 Å². The molecule has 1 heterocycles. The lowest BCUT2D eigenvalue weighted by Crippen LogP contribution is -2.35. The molecule has 3 rings (SSSR count). The van der Waals surface area contributed by atoms with Gasteiger partial charge in [0.1, 0.15) is 4.90 Å². The number of nitrogens with two attached hydrogens (primary N) is 1. The zero-order valence-corrected chi connectivity index (χ0v) is 10.8. The van der Waals surface area contributed by atoms with Crippen molar-refractivity contribution in [3.05, 3.63) is 29.2 Å². The Kier molecular flexibility index (Phi) is 2.68. The molecule has 1 aromatic rings. The number of nitrogen functional groups attached to an aromatic ring is 1. The van der Waals surface area contributed by atoms with Gasteiger partial charge >= 0.3 is 0 Å². The Labute approximate surface area is 107 Å². The molecule has 0 bridgehead atoms. The summed E-state index contributed by atoms with van der Waals surface area (Å²) in [4.78, 5) is 0.274. The quantitative estimate of drug-likeness (QED) is 0.812. The van der Waals surface area contributed by atoms with Gasteiger partial charge in [-0.2, -0.15) is 0 Å². The Morgan fingerprint density at radius 2 is 2.11 bits per heavy atom. The van der Waals surface area contributed by atoms with Gasteiger partial charge in [0.25, 0.3) is 0 Å². The maximum Gasteiger partial charge on any atom is 0.202 e. The SMILES string of the molecule is Nc1cccc2c1S(=O)(=O)C=C2CNC1CCC1. The summed E-state index contributed by atoms with van der Waals surface area (Å²) < 4.78 is 24.1. The second-order valence-electron chi connectivity index (χ2n) is 4.92. The number of hydrogen-bond acceptors (Lipinski definition) is 4. The van der Waals surface area contributed by atoms with Crippen LogP contribution in [0.3, 0.4) is 0 Å². The Bertz CT molecular complexity index is 616. The van der Waals surface area contributed by atoms with Gasteiger partial charge in [-0.3, -0.25) is 0 Å². The average molecular weight is 264 g/mol. The van der Waals surface area contributed by atoms with E-state index in [1.807, 2.05) is 6.07 Å². The fourth-order valence-corrected chi connectivity index (χ4v) is 4.04. The third-order valence-corrected chi connectivity index (χ3v) is 5.28. The predicted octanol–water partition coefficient (Wildman–Crippen LogP) is 1.54. The standard InChI is InChI=1S/C13H16N2O2S/c14-12-6-2-5-11-9(7-15-10-3-1-4-10)8-18(16,17)13(11)12/h2,5-6,8,10,15H,1,3-4,7,14H2. The van der Waals surface area contributed by atoms with E-state index in [1.54, 1.807) is 12.1 Å². The van der Waals surface area contributed by atoms with Gasteiger partial charge in [-0.05, 0) is 24.5 Å². The molecule has 0 spiro atoms. The zero-order valence-electron chi connectivity index (χ0n) is 10.0. The zero-order chi connectivity index (χ0) is 12.8.